The molecule has 0 amide bonds. The predicted molar refractivity (Wildman–Crippen MR) is 169 cm³/mol. The molecule has 0 atom stereocenters. The Hall–Kier alpha value is -5.79. The first kappa shape index (κ1) is 22.1. The van der Waals surface area contributed by atoms with E-state index in [9.17, 15) is 0 Å². The molecule has 9 rings (SSSR count). The van der Waals surface area contributed by atoms with Crippen LogP contribution in [0.3, 0.4) is 0 Å². The van der Waals surface area contributed by atoms with Crippen LogP contribution in [0.2, 0.25) is 0 Å². The molecule has 4 heteroatoms. The van der Waals surface area contributed by atoms with Gasteiger partial charge in [0.05, 0.1) is 40.0 Å². The highest BCUT2D eigenvalue weighted by atomic mass is 16.3. The largest absolute Gasteiger partial charge is 0.455 e. The Morgan fingerprint density at radius 2 is 0.902 bits per heavy atom. The number of hydrogen-bond acceptors (Lipinski definition) is 1. The first-order valence-corrected chi connectivity index (χ1v) is 13.7. The van der Waals surface area contributed by atoms with Crippen LogP contribution in [0.5, 0.6) is 0 Å². The number of furan rings is 1. The minimum atomic E-state index is 0.584. The third-order valence-corrected chi connectivity index (χ3v) is 8.33. The van der Waals surface area contributed by atoms with Gasteiger partial charge in [-0.3, -0.25) is 0 Å². The molecule has 0 saturated heterocycles. The highest BCUT2D eigenvalue weighted by Gasteiger charge is 2.25. The van der Waals surface area contributed by atoms with Gasteiger partial charge in [0, 0.05) is 32.3 Å². The number of hydrogen-bond donors (Lipinski definition) is 0. The second-order valence-electron chi connectivity index (χ2n) is 10.4. The van der Waals surface area contributed by atoms with Crippen LogP contribution in [0.25, 0.3) is 81.8 Å². The van der Waals surface area contributed by atoms with Crippen molar-refractivity contribution in [2.45, 2.75) is 0 Å². The fraction of sp³-hybridized carbons (Fsp3) is 0. The molecule has 9 aromatic rings. The molecule has 0 fully saturated rings. The van der Waals surface area contributed by atoms with Crippen LogP contribution >= 0.6 is 0 Å². The van der Waals surface area contributed by atoms with E-state index in [2.05, 4.69) is 123 Å². The summed E-state index contributed by atoms with van der Waals surface area (Å²) in [5.74, 6) is 0. The van der Waals surface area contributed by atoms with E-state index in [0.717, 1.165) is 60.6 Å². The molecule has 6 aromatic carbocycles. The van der Waals surface area contributed by atoms with Crippen molar-refractivity contribution >= 4 is 71.2 Å². The minimum Gasteiger partial charge on any atom is -0.455 e. The van der Waals surface area contributed by atoms with Crippen molar-refractivity contribution in [3.63, 3.8) is 0 Å². The molecule has 0 unspecified atom stereocenters. The van der Waals surface area contributed by atoms with Gasteiger partial charge in [0.15, 0.2) is 0 Å². The van der Waals surface area contributed by atoms with Crippen molar-refractivity contribution < 1.29 is 4.42 Å². The lowest BCUT2D eigenvalue weighted by Crippen LogP contribution is -2.00. The Kier molecular flexibility index (Phi) is 4.37. The molecule has 0 bridgehead atoms. The lowest BCUT2D eigenvalue weighted by molar-refractivity contribution is 0.666. The molecule has 0 saturated carbocycles. The van der Waals surface area contributed by atoms with Crippen molar-refractivity contribution in [2.24, 2.45) is 0 Å². The van der Waals surface area contributed by atoms with Crippen LogP contribution in [0, 0.1) is 6.57 Å². The fourth-order valence-electron chi connectivity index (χ4n) is 6.67. The zero-order chi connectivity index (χ0) is 27.1. The Bertz CT molecular complexity index is 2450. The second-order valence-corrected chi connectivity index (χ2v) is 10.4. The Morgan fingerprint density at radius 1 is 0.488 bits per heavy atom. The highest BCUT2D eigenvalue weighted by Crippen LogP contribution is 2.46. The summed E-state index contributed by atoms with van der Waals surface area (Å²) in [5, 5.41) is 6.47. The molecule has 0 aliphatic heterocycles. The highest BCUT2D eigenvalue weighted by molar-refractivity contribution is 6.19. The molecule has 0 spiro atoms. The van der Waals surface area contributed by atoms with Gasteiger partial charge in [0.25, 0.3) is 0 Å². The molecule has 0 aliphatic rings. The number of para-hydroxylation sites is 5. The van der Waals surface area contributed by atoms with Crippen LogP contribution < -0.4 is 0 Å². The third-order valence-electron chi connectivity index (χ3n) is 8.33. The molecule has 0 N–H and O–H groups in total. The first-order valence-electron chi connectivity index (χ1n) is 13.7. The van der Waals surface area contributed by atoms with Crippen molar-refractivity contribution in [3.05, 3.63) is 139 Å². The Balaban J connectivity index is 1.55. The van der Waals surface area contributed by atoms with E-state index in [-0.39, 0.29) is 0 Å². The van der Waals surface area contributed by atoms with Gasteiger partial charge in [-0.1, -0.05) is 91.0 Å². The predicted octanol–water partition coefficient (Wildman–Crippen LogP) is 10.3. The monoisotopic (exact) mass is 523 g/mol. The van der Waals surface area contributed by atoms with E-state index < -0.39 is 0 Å². The number of benzene rings is 6. The van der Waals surface area contributed by atoms with Crippen molar-refractivity contribution in [3.8, 4) is 11.4 Å². The maximum Gasteiger partial charge on any atom is 0.222 e. The molecule has 3 aromatic heterocycles. The summed E-state index contributed by atoms with van der Waals surface area (Å²) < 4.78 is 11.2. The van der Waals surface area contributed by atoms with E-state index >= 15 is 0 Å². The van der Waals surface area contributed by atoms with E-state index in [0.29, 0.717) is 11.3 Å². The normalized spacial score (nSPS) is 11.9. The van der Waals surface area contributed by atoms with Crippen LogP contribution in [-0.4, -0.2) is 9.13 Å². The SMILES string of the molecule is [C-]#[N+]c1c(-n2c3ccccc3c3ccccc32)cc(-n2c3ccccc3c3ccccc32)c2oc3ccccc3c12. The number of aromatic nitrogens is 2. The van der Waals surface area contributed by atoms with Gasteiger partial charge in [0.2, 0.25) is 5.69 Å². The second kappa shape index (κ2) is 8.11. The van der Waals surface area contributed by atoms with E-state index in [4.69, 9.17) is 11.0 Å². The van der Waals surface area contributed by atoms with E-state index in [1.54, 1.807) is 0 Å². The van der Waals surface area contributed by atoms with Crippen LogP contribution in [0.4, 0.5) is 5.69 Å². The fourth-order valence-corrected chi connectivity index (χ4v) is 6.67. The zero-order valence-corrected chi connectivity index (χ0v) is 21.9. The van der Waals surface area contributed by atoms with Gasteiger partial charge in [-0.25, -0.2) is 4.85 Å². The number of fused-ring (bicyclic) bond motifs is 9. The smallest absolute Gasteiger partial charge is 0.222 e. The summed E-state index contributed by atoms with van der Waals surface area (Å²) in [6.45, 7) is 8.47. The molecule has 3 heterocycles. The number of rotatable bonds is 2. The summed E-state index contributed by atoms with van der Waals surface area (Å²) in [6.07, 6.45) is 0. The molecular formula is C37H21N3O. The van der Waals surface area contributed by atoms with Crippen molar-refractivity contribution in [1.82, 2.24) is 9.13 Å². The summed E-state index contributed by atoms with van der Waals surface area (Å²) in [4.78, 5) is 4.20. The lowest BCUT2D eigenvalue weighted by Gasteiger charge is -2.16. The maximum atomic E-state index is 8.47. The summed E-state index contributed by atoms with van der Waals surface area (Å²) in [5.41, 5.74) is 8.16. The van der Waals surface area contributed by atoms with Gasteiger partial charge in [-0.15, -0.1) is 0 Å². The summed E-state index contributed by atoms with van der Waals surface area (Å²) in [6, 6.07) is 44.0. The molecule has 41 heavy (non-hydrogen) atoms. The molecular weight excluding hydrogens is 502 g/mol. The van der Waals surface area contributed by atoms with Gasteiger partial charge in [-0.2, -0.15) is 0 Å². The van der Waals surface area contributed by atoms with Crippen LogP contribution in [-0.2, 0) is 0 Å². The minimum absolute atomic E-state index is 0.584. The van der Waals surface area contributed by atoms with Gasteiger partial charge < -0.3 is 13.6 Å². The summed E-state index contributed by atoms with van der Waals surface area (Å²) >= 11 is 0. The van der Waals surface area contributed by atoms with E-state index in [1.807, 2.05) is 18.2 Å². The topological polar surface area (TPSA) is 27.4 Å². The quantitative estimate of drug-likeness (QED) is 0.207. The molecule has 190 valence electrons. The van der Waals surface area contributed by atoms with Crippen molar-refractivity contribution in [2.75, 3.05) is 0 Å². The van der Waals surface area contributed by atoms with Gasteiger partial charge in [-0.05, 0) is 36.4 Å². The van der Waals surface area contributed by atoms with Gasteiger partial charge in [0.1, 0.15) is 11.2 Å². The number of nitrogens with zero attached hydrogens (tertiary/aromatic N) is 3. The molecule has 0 radical (unpaired) electrons. The Labute approximate surface area is 234 Å². The average Bonchev–Trinajstić information content (AvgIpc) is 3.69. The van der Waals surface area contributed by atoms with Crippen LogP contribution in [0.15, 0.2) is 132 Å². The third kappa shape index (κ3) is 2.87. The standard InChI is InChI=1S/C37H21N3O/c1-38-36-32(39-28-17-7-2-12-23(28)24-13-3-8-18-29(24)39)22-33(37-35(36)27-16-6-11-21-34(27)41-37)40-30-19-9-4-14-25(30)26-15-5-10-20-31(26)40/h2-22H. The average molecular weight is 524 g/mol. The Morgan fingerprint density at radius 3 is 1.39 bits per heavy atom. The molecule has 4 nitrogen and oxygen atoms in total. The van der Waals surface area contributed by atoms with Crippen molar-refractivity contribution in [1.29, 1.82) is 0 Å². The zero-order valence-electron chi connectivity index (χ0n) is 21.9. The van der Waals surface area contributed by atoms with E-state index in [1.165, 1.54) is 10.8 Å². The maximum absolute atomic E-state index is 8.47. The summed E-state index contributed by atoms with van der Waals surface area (Å²) in [7, 11) is 0. The van der Waals surface area contributed by atoms with Gasteiger partial charge >= 0.3 is 0 Å². The van der Waals surface area contributed by atoms with Crippen LogP contribution in [0.1, 0.15) is 0 Å². The molecule has 0 aliphatic carbocycles. The first-order chi connectivity index (χ1) is 20.3. The lowest BCUT2D eigenvalue weighted by atomic mass is 10.1.